The number of nitrogens with zero attached hydrogens (tertiary/aromatic N) is 1. The first-order chi connectivity index (χ1) is 16.6. The SMILES string of the molecule is Cc1ccccc1OCC(=O)N(Cc1ccc(Br)cc1)[C@@H](Cc1ccccc1)C(=O)NC(C)(C)C. The van der Waals surface area contributed by atoms with Crippen LogP contribution in [-0.2, 0) is 22.6 Å². The fraction of sp³-hybridized carbons (Fsp3) is 0.310. The summed E-state index contributed by atoms with van der Waals surface area (Å²) in [6.07, 6.45) is 0.398. The third-order valence-corrected chi connectivity index (χ3v) is 6.01. The van der Waals surface area contributed by atoms with Gasteiger partial charge >= 0.3 is 0 Å². The maximum atomic E-state index is 13.6. The lowest BCUT2D eigenvalue weighted by Crippen LogP contribution is -2.55. The molecule has 3 rings (SSSR count). The predicted octanol–water partition coefficient (Wildman–Crippen LogP) is 5.69. The molecule has 0 aliphatic carbocycles. The third-order valence-electron chi connectivity index (χ3n) is 5.48. The van der Waals surface area contributed by atoms with E-state index in [0.717, 1.165) is 21.2 Å². The molecule has 1 N–H and O–H groups in total. The average Bonchev–Trinajstić information content (AvgIpc) is 2.81. The summed E-state index contributed by atoms with van der Waals surface area (Å²) >= 11 is 3.46. The molecule has 1 atom stereocenters. The van der Waals surface area contributed by atoms with Crippen LogP contribution in [-0.4, -0.2) is 34.9 Å². The largest absolute Gasteiger partial charge is 0.484 e. The van der Waals surface area contributed by atoms with E-state index in [1.54, 1.807) is 4.90 Å². The molecule has 0 saturated heterocycles. The maximum absolute atomic E-state index is 13.6. The van der Waals surface area contributed by atoms with Crippen molar-refractivity contribution in [2.45, 2.75) is 52.2 Å². The second kappa shape index (κ2) is 12.0. The molecule has 0 saturated carbocycles. The summed E-state index contributed by atoms with van der Waals surface area (Å²) in [6, 6.07) is 24.4. The fourth-order valence-electron chi connectivity index (χ4n) is 3.73. The highest BCUT2D eigenvalue weighted by Crippen LogP contribution is 2.20. The summed E-state index contributed by atoms with van der Waals surface area (Å²) in [5.74, 6) is 0.215. The smallest absolute Gasteiger partial charge is 0.261 e. The molecule has 0 unspecified atom stereocenters. The van der Waals surface area contributed by atoms with Crippen LogP contribution in [0.5, 0.6) is 5.75 Å². The molecule has 0 heterocycles. The Morgan fingerprint density at radius 1 is 0.914 bits per heavy atom. The molecule has 0 radical (unpaired) electrons. The third kappa shape index (κ3) is 8.25. The Hall–Kier alpha value is -3.12. The van der Waals surface area contributed by atoms with Gasteiger partial charge in [-0.15, -0.1) is 0 Å². The van der Waals surface area contributed by atoms with Gasteiger partial charge in [0.25, 0.3) is 5.91 Å². The molecule has 5 nitrogen and oxygen atoms in total. The van der Waals surface area contributed by atoms with Crippen molar-refractivity contribution >= 4 is 27.7 Å². The summed E-state index contributed by atoms with van der Waals surface area (Å²) < 4.78 is 6.84. The number of rotatable bonds is 9. The first kappa shape index (κ1) is 26.5. The highest BCUT2D eigenvalue weighted by Gasteiger charge is 2.32. The van der Waals surface area contributed by atoms with Gasteiger partial charge in [-0.2, -0.15) is 0 Å². The van der Waals surface area contributed by atoms with Gasteiger partial charge in [-0.3, -0.25) is 9.59 Å². The van der Waals surface area contributed by atoms with Crippen molar-refractivity contribution in [1.29, 1.82) is 0 Å². The van der Waals surface area contributed by atoms with E-state index in [9.17, 15) is 9.59 Å². The van der Waals surface area contributed by atoms with Gasteiger partial charge in [0.2, 0.25) is 5.91 Å². The van der Waals surface area contributed by atoms with Crippen molar-refractivity contribution in [3.63, 3.8) is 0 Å². The number of ether oxygens (including phenoxy) is 1. The fourth-order valence-corrected chi connectivity index (χ4v) is 4.00. The predicted molar refractivity (Wildman–Crippen MR) is 143 cm³/mol. The number of amides is 2. The molecule has 0 aliphatic rings. The van der Waals surface area contributed by atoms with Crippen molar-refractivity contribution in [3.05, 3.63) is 100 Å². The summed E-state index contributed by atoms with van der Waals surface area (Å²) in [6.45, 7) is 7.88. The normalized spacial score (nSPS) is 12.0. The van der Waals surface area contributed by atoms with Gasteiger partial charge < -0.3 is 15.0 Å². The molecule has 0 fully saturated rings. The molecule has 2 amide bonds. The topological polar surface area (TPSA) is 58.6 Å². The molecule has 3 aromatic rings. The molecule has 184 valence electrons. The van der Waals surface area contributed by atoms with Crippen LogP contribution in [0.15, 0.2) is 83.3 Å². The molecule has 0 aliphatic heterocycles. The molecular weight excluding hydrogens is 504 g/mol. The minimum Gasteiger partial charge on any atom is -0.484 e. The monoisotopic (exact) mass is 536 g/mol. The van der Waals surface area contributed by atoms with E-state index in [0.29, 0.717) is 12.2 Å². The van der Waals surface area contributed by atoms with Gasteiger partial charge in [0, 0.05) is 23.0 Å². The van der Waals surface area contributed by atoms with Crippen LogP contribution in [0.4, 0.5) is 0 Å². The number of benzene rings is 3. The number of para-hydroxylation sites is 1. The van der Waals surface area contributed by atoms with Crippen LogP contribution < -0.4 is 10.1 Å². The summed E-state index contributed by atoms with van der Waals surface area (Å²) in [7, 11) is 0. The van der Waals surface area contributed by atoms with Crippen LogP contribution in [0.3, 0.4) is 0 Å². The van der Waals surface area contributed by atoms with Crippen LogP contribution in [0.25, 0.3) is 0 Å². The van der Waals surface area contributed by atoms with E-state index in [1.165, 1.54) is 0 Å². The zero-order valence-corrected chi connectivity index (χ0v) is 22.3. The minimum absolute atomic E-state index is 0.157. The number of halogens is 1. The van der Waals surface area contributed by atoms with Gasteiger partial charge in [-0.25, -0.2) is 0 Å². The Kier molecular flexibility index (Phi) is 9.10. The highest BCUT2D eigenvalue weighted by atomic mass is 79.9. The van der Waals surface area contributed by atoms with Crippen molar-refractivity contribution in [1.82, 2.24) is 10.2 Å². The van der Waals surface area contributed by atoms with Gasteiger partial charge in [0.15, 0.2) is 6.61 Å². The Balaban J connectivity index is 1.93. The number of hydrogen-bond donors (Lipinski definition) is 1. The lowest BCUT2D eigenvalue weighted by Gasteiger charge is -2.33. The van der Waals surface area contributed by atoms with Crippen molar-refractivity contribution in [2.75, 3.05) is 6.61 Å². The molecule has 0 bridgehead atoms. The summed E-state index contributed by atoms with van der Waals surface area (Å²) in [4.78, 5) is 28.8. The number of carbonyl (C=O) groups is 2. The van der Waals surface area contributed by atoms with Gasteiger partial charge in [0.05, 0.1) is 0 Å². The van der Waals surface area contributed by atoms with E-state index < -0.39 is 11.6 Å². The van der Waals surface area contributed by atoms with Crippen LogP contribution >= 0.6 is 15.9 Å². The van der Waals surface area contributed by atoms with Crippen LogP contribution in [0, 0.1) is 6.92 Å². The maximum Gasteiger partial charge on any atom is 0.261 e. The Labute approximate surface area is 216 Å². The Bertz CT molecular complexity index is 1120. The van der Waals surface area contributed by atoms with E-state index in [4.69, 9.17) is 4.74 Å². The van der Waals surface area contributed by atoms with E-state index in [1.807, 2.05) is 107 Å². The van der Waals surface area contributed by atoms with Gasteiger partial charge in [-0.1, -0.05) is 76.6 Å². The lowest BCUT2D eigenvalue weighted by molar-refractivity contribution is -0.143. The zero-order chi connectivity index (χ0) is 25.4. The number of hydrogen-bond acceptors (Lipinski definition) is 3. The lowest BCUT2D eigenvalue weighted by atomic mass is 10.0. The Morgan fingerprint density at radius 3 is 2.17 bits per heavy atom. The number of aryl methyl sites for hydroxylation is 1. The standard InChI is InChI=1S/C29H33BrN2O3/c1-21-10-8-9-13-26(21)35-20-27(33)32(19-23-14-16-24(30)17-15-23)25(28(34)31-29(2,3)4)18-22-11-6-5-7-12-22/h5-17,25H,18-20H2,1-4H3,(H,31,34)/t25-/m0/s1. The van der Waals surface area contributed by atoms with Crippen molar-refractivity contribution in [2.24, 2.45) is 0 Å². The van der Waals surface area contributed by atoms with Crippen molar-refractivity contribution < 1.29 is 14.3 Å². The second-order valence-electron chi connectivity index (χ2n) is 9.65. The quantitative estimate of drug-likeness (QED) is 0.382. The minimum atomic E-state index is -0.701. The second-order valence-corrected chi connectivity index (χ2v) is 10.6. The van der Waals surface area contributed by atoms with E-state index >= 15 is 0 Å². The van der Waals surface area contributed by atoms with Crippen molar-refractivity contribution in [3.8, 4) is 5.75 Å². The number of carbonyl (C=O) groups excluding carboxylic acids is 2. The molecule has 0 spiro atoms. The first-order valence-electron chi connectivity index (χ1n) is 11.7. The molecule has 35 heavy (non-hydrogen) atoms. The first-order valence-corrected chi connectivity index (χ1v) is 12.5. The van der Waals surface area contributed by atoms with Crippen LogP contribution in [0.2, 0.25) is 0 Å². The summed E-state index contributed by atoms with van der Waals surface area (Å²) in [5.41, 5.74) is 2.43. The highest BCUT2D eigenvalue weighted by molar-refractivity contribution is 9.10. The van der Waals surface area contributed by atoms with E-state index in [-0.39, 0.29) is 25.0 Å². The van der Waals surface area contributed by atoms with E-state index in [2.05, 4.69) is 21.2 Å². The molecule has 6 heteroatoms. The molecule has 0 aromatic heterocycles. The zero-order valence-electron chi connectivity index (χ0n) is 20.8. The average molecular weight is 537 g/mol. The van der Waals surface area contributed by atoms with Gasteiger partial charge in [-0.05, 0) is 62.6 Å². The summed E-state index contributed by atoms with van der Waals surface area (Å²) in [5, 5.41) is 3.07. The Morgan fingerprint density at radius 2 is 1.54 bits per heavy atom. The number of nitrogens with one attached hydrogen (secondary N) is 1. The van der Waals surface area contributed by atoms with Gasteiger partial charge in [0.1, 0.15) is 11.8 Å². The van der Waals surface area contributed by atoms with Crippen LogP contribution in [0.1, 0.15) is 37.5 Å². The molecular formula is C29H33BrN2O3. The molecule has 3 aromatic carbocycles.